The number of rotatable bonds is 4. The van der Waals surface area contributed by atoms with E-state index in [9.17, 15) is 10.1 Å². The maximum atomic E-state index is 11.3. The number of ether oxygens (including phenoxy) is 2. The fraction of sp³-hybridized carbons (Fsp3) is 0.111. The van der Waals surface area contributed by atoms with Gasteiger partial charge in [-0.25, -0.2) is 9.50 Å². The van der Waals surface area contributed by atoms with Gasteiger partial charge in [-0.15, -0.1) is 0 Å². The van der Waals surface area contributed by atoms with Gasteiger partial charge in [-0.2, -0.15) is 5.10 Å². The fourth-order valence-corrected chi connectivity index (χ4v) is 2.95. The molecule has 0 bridgehead atoms. The van der Waals surface area contributed by atoms with E-state index in [1.165, 1.54) is 6.07 Å². The van der Waals surface area contributed by atoms with E-state index in [2.05, 4.69) is 10.1 Å². The highest BCUT2D eigenvalue weighted by atomic mass is 16.6. The minimum absolute atomic E-state index is 0.0219. The second-order valence-electron chi connectivity index (χ2n) is 5.61. The van der Waals surface area contributed by atoms with E-state index in [4.69, 9.17) is 9.47 Å². The lowest BCUT2D eigenvalue weighted by Crippen LogP contribution is -1.95. The molecule has 8 nitrogen and oxygen atoms in total. The van der Waals surface area contributed by atoms with Crippen LogP contribution in [0.15, 0.2) is 48.8 Å². The van der Waals surface area contributed by atoms with Crippen LogP contribution in [0.2, 0.25) is 0 Å². The van der Waals surface area contributed by atoms with Crippen LogP contribution < -0.4 is 9.47 Å². The highest BCUT2D eigenvalue weighted by molar-refractivity contribution is 5.94. The Balaban J connectivity index is 1.94. The van der Waals surface area contributed by atoms with Crippen molar-refractivity contribution in [1.29, 1.82) is 0 Å². The Morgan fingerprint density at radius 1 is 1.12 bits per heavy atom. The summed E-state index contributed by atoms with van der Waals surface area (Å²) in [7, 11) is 3.12. The Hall–Kier alpha value is -3.68. The first kappa shape index (κ1) is 15.8. The van der Waals surface area contributed by atoms with Crippen molar-refractivity contribution >= 4 is 22.2 Å². The molecule has 0 saturated heterocycles. The van der Waals surface area contributed by atoms with Crippen LogP contribution in [0.1, 0.15) is 0 Å². The zero-order chi connectivity index (χ0) is 18.3. The lowest BCUT2D eigenvalue weighted by Gasteiger charge is -2.06. The molecule has 0 atom stereocenters. The van der Waals surface area contributed by atoms with Crippen LogP contribution in [0, 0.1) is 10.1 Å². The number of hydrogen-bond acceptors (Lipinski definition) is 6. The molecule has 0 aliphatic carbocycles. The van der Waals surface area contributed by atoms with E-state index in [0.29, 0.717) is 33.8 Å². The summed E-state index contributed by atoms with van der Waals surface area (Å²) in [4.78, 5) is 15.3. The van der Waals surface area contributed by atoms with Gasteiger partial charge in [0.25, 0.3) is 5.69 Å². The quantitative estimate of drug-likeness (QED) is 0.413. The predicted octanol–water partition coefficient (Wildman–Crippen LogP) is 3.47. The number of methoxy groups -OCH3 is 2. The van der Waals surface area contributed by atoms with Crippen molar-refractivity contribution in [1.82, 2.24) is 14.6 Å². The predicted molar refractivity (Wildman–Crippen MR) is 95.7 cm³/mol. The minimum atomic E-state index is -0.408. The molecule has 0 unspecified atom stereocenters. The van der Waals surface area contributed by atoms with Crippen LogP contribution in [0.3, 0.4) is 0 Å². The van der Waals surface area contributed by atoms with Crippen molar-refractivity contribution in [2.75, 3.05) is 14.2 Å². The summed E-state index contributed by atoms with van der Waals surface area (Å²) >= 11 is 0. The maximum Gasteiger partial charge on any atom is 0.277 e. The summed E-state index contributed by atoms with van der Waals surface area (Å²) in [5.74, 6) is 1.15. The van der Waals surface area contributed by atoms with E-state index < -0.39 is 4.92 Å². The topological polar surface area (TPSA) is 91.8 Å². The monoisotopic (exact) mass is 350 g/mol. The molecular formula is C18H14N4O4. The average Bonchev–Trinajstić information content (AvgIpc) is 3.03. The van der Waals surface area contributed by atoms with Crippen LogP contribution in [0.4, 0.5) is 5.69 Å². The Kier molecular flexibility index (Phi) is 3.65. The van der Waals surface area contributed by atoms with Crippen LogP contribution in [-0.2, 0) is 0 Å². The third kappa shape index (κ3) is 2.39. The van der Waals surface area contributed by atoms with Gasteiger partial charge in [-0.3, -0.25) is 10.1 Å². The zero-order valence-electron chi connectivity index (χ0n) is 14.0. The van der Waals surface area contributed by atoms with Gasteiger partial charge in [-0.1, -0.05) is 12.1 Å². The van der Waals surface area contributed by atoms with Crippen LogP contribution in [0.5, 0.6) is 11.5 Å². The second-order valence-corrected chi connectivity index (χ2v) is 5.61. The SMILES string of the molecule is COc1cc2nn3cc(-c4ccccc4[N+](=O)[O-])cnc3c2cc1OC. The van der Waals surface area contributed by atoms with Crippen molar-refractivity contribution < 1.29 is 14.4 Å². The number of nitro benzene ring substituents is 1. The molecule has 0 amide bonds. The Morgan fingerprint density at radius 3 is 2.58 bits per heavy atom. The average molecular weight is 350 g/mol. The molecule has 26 heavy (non-hydrogen) atoms. The molecule has 0 aliphatic rings. The molecule has 0 spiro atoms. The number of para-hydroxylation sites is 1. The standard InChI is InChI=1S/C18H14N4O4/c1-25-16-7-13-14(8-17(16)26-2)20-21-10-11(9-19-18(13)21)12-5-3-4-6-15(12)22(23)24/h3-10H,1-2H3. The first-order valence-electron chi connectivity index (χ1n) is 7.76. The van der Waals surface area contributed by atoms with Gasteiger partial charge in [0, 0.05) is 30.1 Å². The van der Waals surface area contributed by atoms with E-state index in [0.717, 1.165) is 5.39 Å². The largest absolute Gasteiger partial charge is 0.493 e. The summed E-state index contributed by atoms with van der Waals surface area (Å²) in [5.41, 5.74) is 2.44. The Labute approximate surface area is 147 Å². The lowest BCUT2D eigenvalue weighted by molar-refractivity contribution is -0.384. The summed E-state index contributed by atoms with van der Waals surface area (Å²) in [6, 6.07) is 10.1. The van der Waals surface area contributed by atoms with Crippen molar-refractivity contribution in [2.45, 2.75) is 0 Å². The molecule has 8 heteroatoms. The fourth-order valence-electron chi connectivity index (χ4n) is 2.95. The Bertz CT molecular complexity index is 1150. The number of hydrogen-bond donors (Lipinski definition) is 0. The molecule has 0 fully saturated rings. The van der Waals surface area contributed by atoms with Crippen LogP contribution >= 0.6 is 0 Å². The molecule has 130 valence electrons. The first-order chi connectivity index (χ1) is 12.6. The number of nitro groups is 1. The number of aromatic nitrogens is 3. The van der Waals surface area contributed by atoms with Gasteiger partial charge < -0.3 is 9.47 Å². The summed E-state index contributed by atoms with van der Waals surface area (Å²) < 4.78 is 12.2. The molecule has 4 rings (SSSR count). The third-order valence-electron chi connectivity index (χ3n) is 4.17. The molecule has 0 radical (unpaired) electrons. The van der Waals surface area contributed by atoms with E-state index in [1.54, 1.807) is 55.4 Å². The van der Waals surface area contributed by atoms with E-state index in [1.807, 2.05) is 6.07 Å². The molecule has 0 aliphatic heterocycles. The van der Waals surface area contributed by atoms with Crippen molar-refractivity contribution in [3.63, 3.8) is 0 Å². The second kappa shape index (κ2) is 5.99. The Morgan fingerprint density at radius 2 is 1.85 bits per heavy atom. The molecule has 0 N–H and O–H groups in total. The summed E-state index contributed by atoms with van der Waals surface area (Å²) in [6.45, 7) is 0. The molecule has 2 heterocycles. The van der Waals surface area contributed by atoms with Gasteiger partial charge in [0.15, 0.2) is 17.1 Å². The van der Waals surface area contributed by atoms with Gasteiger partial charge in [0.2, 0.25) is 0 Å². The van der Waals surface area contributed by atoms with Gasteiger partial charge in [0.05, 0.1) is 35.6 Å². The van der Waals surface area contributed by atoms with E-state index in [-0.39, 0.29) is 5.69 Å². The van der Waals surface area contributed by atoms with Crippen LogP contribution in [0.25, 0.3) is 27.7 Å². The highest BCUT2D eigenvalue weighted by Crippen LogP contribution is 2.34. The van der Waals surface area contributed by atoms with Gasteiger partial charge in [-0.05, 0) is 12.1 Å². The highest BCUT2D eigenvalue weighted by Gasteiger charge is 2.17. The van der Waals surface area contributed by atoms with Crippen molar-refractivity contribution in [3.05, 3.63) is 58.9 Å². The van der Waals surface area contributed by atoms with Gasteiger partial charge >= 0.3 is 0 Å². The number of benzene rings is 2. The molecule has 2 aromatic heterocycles. The maximum absolute atomic E-state index is 11.3. The molecular weight excluding hydrogens is 336 g/mol. The normalized spacial score (nSPS) is 11.0. The smallest absolute Gasteiger partial charge is 0.277 e. The van der Waals surface area contributed by atoms with Crippen molar-refractivity contribution in [3.8, 4) is 22.6 Å². The third-order valence-corrected chi connectivity index (χ3v) is 4.17. The lowest BCUT2D eigenvalue weighted by atomic mass is 10.1. The molecule has 4 aromatic rings. The first-order valence-corrected chi connectivity index (χ1v) is 7.76. The van der Waals surface area contributed by atoms with E-state index >= 15 is 0 Å². The van der Waals surface area contributed by atoms with Crippen molar-refractivity contribution in [2.24, 2.45) is 0 Å². The number of fused-ring (bicyclic) bond motifs is 3. The summed E-state index contributed by atoms with van der Waals surface area (Å²) in [6.07, 6.45) is 3.33. The molecule has 0 saturated carbocycles. The van der Waals surface area contributed by atoms with Gasteiger partial charge in [0.1, 0.15) is 0 Å². The summed E-state index contributed by atoms with van der Waals surface area (Å²) in [5, 5.41) is 16.6. The molecule has 2 aromatic carbocycles. The number of nitrogens with zero attached hydrogens (tertiary/aromatic N) is 4. The zero-order valence-corrected chi connectivity index (χ0v) is 14.0. The van der Waals surface area contributed by atoms with Crippen LogP contribution in [-0.4, -0.2) is 33.7 Å². The minimum Gasteiger partial charge on any atom is -0.493 e.